The van der Waals surface area contributed by atoms with E-state index < -0.39 is 87.9 Å². The van der Waals surface area contributed by atoms with E-state index in [1.165, 1.54) is 38.5 Å². The van der Waals surface area contributed by atoms with Crippen LogP contribution in [0.25, 0.3) is 0 Å². The van der Waals surface area contributed by atoms with Gasteiger partial charge in [-0.3, -0.25) is 18.6 Å². The Bertz CT molecular complexity index is 1490. The Morgan fingerprint density at radius 2 is 1.03 bits per heavy atom. The number of rotatable bonds is 37. The Hall–Kier alpha value is -3.05. The van der Waals surface area contributed by atoms with Gasteiger partial charge >= 0.3 is 19.8 Å². The lowest BCUT2D eigenvalue weighted by molar-refractivity contribution is -0.220. The molecule has 0 bridgehead atoms. The molecule has 65 heavy (non-hydrogen) atoms. The summed E-state index contributed by atoms with van der Waals surface area (Å²) in [4.78, 5) is 35.8. The maximum atomic E-state index is 12.8. The van der Waals surface area contributed by atoms with Crippen LogP contribution >= 0.6 is 7.82 Å². The van der Waals surface area contributed by atoms with Gasteiger partial charge in [0.1, 0.15) is 43.2 Å². The van der Waals surface area contributed by atoms with Crippen LogP contribution in [0.4, 0.5) is 0 Å². The van der Waals surface area contributed by atoms with Gasteiger partial charge < -0.3 is 50.1 Å². The predicted octanol–water partition coefficient (Wildman–Crippen LogP) is 7.22. The Kier molecular flexibility index (Phi) is 35.0. The van der Waals surface area contributed by atoms with Crippen LogP contribution in [0.15, 0.2) is 85.1 Å². The van der Waals surface area contributed by atoms with Gasteiger partial charge in [0.2, 0.25) is 0 Å². The SMILES string of the molecule is CC/C=C\C/C=C\C/C=C\C/C=C\C[C@H](O)[C@@H](O)CCCC(=O)OC[C@H](COP(=O)(O)OC1[C@H](O)[C@H](O)C(O)[C@H](O)[C@H]1O)OC(=O)CCC/C=C\C/C=C\C/C=C\CCCCCCCC. The molecule has 372 valence electrons. The van der Waals surface area contributed by atoms with Crippen molar-refractivity contribution in [3.63, 3.8) is 0 Å². The van der Waals surface area contributed by atoms with Crippen LogP contribution in [0.1, 0.15) is 142 Å². The van der Waals surface area contributed by atoms with Crippen LogP contribution in [0.3, 0.4) is 0 Å². The molecule has 3 unspecified atom stereocenters. The van der Waals surface area contributed by atoms with Gasteiger partial charge in [-0.1, -0.05) is 131 Å². The van der Waals surface area contributed by atoms with Crippen molar-refractivity contribution in [2.24, 2.45) is 0 Å². The smallest absolute Gasteiger partial charge is 0.462 e. The minimum atomic E-state index is -5.21. The van der Waals surface area contributed by atoms with Gasteiger partial charge in [-0.15, -0.1) is 0 Å². The molecule has 1 fully saturated rings. The number of phosphoric acid groups is 1. The fraction of sp³-hybridized carbons (Fsp3) is 0.673. The van der Waals surface area contributed by atoms with E-state index >= 15 is 0 Å². The molecule has 0 aromatic rings. The summed E-state index contributed by atoms with van der Waals surface area (Å²) in [5.41, 5.74) is 0. The topological polar surface area (TPSA) is 250 Å². The zero-order valence-corrected chi connectivity index (χ0v) is 39.6. The van der Waals surface area contributed by atoms with Gasteiger partial charge in [-0.25, -0.2) is 4.57 Å². The van der Waals surface area contributed by atoms with Crippen molar-refractivity contribution in [3.8, 4) is 0 Å². The minimum absolute atomic E-state index is 0.0407. The van der Waals surface area contributed by atoms with Crippen LogP contribution in [0.5, 0.6) is 0 Å². The van der Waals surface area contributed by atoms with Crippen LogP contribution in [-0.2, 0) is 32.7 Å². The lowest BCUT2D eigenvalue weighted by Gasteiger charge is -2.41. The van der Waals surface area contributed by atoms with Gasteiger partial charge in [-0.05, 0) is 83.5 Å². The summed E-state index contributed by atoms with van der Waals surface area (Å²) in [6.45, 7) is 2.87. The maximum Gasteiger partial charge on any atom is 0.472 e. The standard InChI is InChI=1S/C49H81O15P/c1-3-5-7-9-11-13-15-17-18-19-20-21-23-25-27-29-31-35-43(53)63-39(38-62-65(59,60)64-49-47(57)45(55)44(54)46(56)48(49)58)37-61-42(52)36-32-34-41(51)40(50)33-30-28-26-24-22-16-14-12-10-8-6-4-2/h6,8,12,14,17-18,20-22,24-25,27-28,30,39-41,44-51,54-58H,3-5,7,9-11,13,15-16,19,23,26,29,31-38H2,1-2H3,(H,59,60)/b8-6-,14-12-,18-17-,21-20-,24-22-,27-25-,30-28-/t39-,40+,41+,44?,45-,46+,47-,48-,49?/m1/s1. The highest BCUT2D eigenvalue weighted by atomic mass is 31.2. The second-order valence-corrected chi connectivity index (χ2v) is 17.6. The maximum absolute atomic E-state index is 12.8. The normalized spacial score (nSPS) is 23.2. The molecule has 0 amide bonds. The molecule has 0 aliphatic heterocycles. The van der Waals surface area contributed by atoms with E-state index in [4.69, 9.17) is 18.5 Å². The highest BCUT2D eigenvalue weighted by Crippen LogP contribution is 2.47. The predicted molar refractivity (Wildman–Crippen MR) is 251 cm³/mol. The first-order valence-electron chi connectivity index (χ1n) is 23.6. The van der Waals surface area contributed by atoms with Gasteiger partial charge in [0.05, 0.1) is 18.8 Å². The van der Waals surface area contributed by atoms with E-state index in [-0.39, 0.29) is 32.1 Å². The molecule has 1 saturated carbocycles. The third-order valence-corrected chi connectivity index (χ3v) is 11.4. The van der Waals surface area contributed by atoms with E-state index in [0.29, 0.717) is 19.3 Å². The molecule has 15 nitrogen and oxygen atoms in total. The average Bonchev–Trinajstić information content (AvgIpc) is 3.28. The second kappa shape index (κ2) is 38.0. The number of esters is 2. The molecule has 0 heterocycles. The molecule has 0 aromatic heterocycles. The first kappa shape index (κ1) is 60.0. The summed E-state index contributed by atoms with van der Waals surface area (Å²) in [6, 6.07) is 0. The van der Waals surface area contributed by atoms with Gasteiger partial charge in [0.15, 0.2) is 6.10 Å². The molecule has 0 radical (unpaired) electrons. The number of aliphatic hydroxyl groups excluding tert-OH is 7. The zero-order chi connectivity index (χ0) is 48.1. The lowest BCUT2D eigenvalue weighted by atomic mass is 9.85. The van der Waals surface area contributed by atoms with Gasteiger partial charge in [-0.2, -0.15) is 0 Å². The molecule has 16 heteroatoms. The van der Waals surface area contributed by atoms with E-state index in [0.717, 1.165) is 38.5 Å². The number of carbonyl (C=O) groups excluding carboxylic acids is 2. The summed E-state index contributed by atoms with van der Waals surface area (Å²) in [5.74, 6) is -1.46. The summed E-state index contributed by atoms with van der Waals surface area (Å²) in [5, 5.41) is 70.9. The summed E-state index contributed by atoms with van der Waals surface area (Å²) in [6.07, 6.45) is 28.0. The molecule has 10 atom stereocenters. The van der Waals surface area contributed by atoms with E-state index in [1.807, 2.05) is 30.4 Å². The van der Waals surface area contributed by atoms with Crippen molar-refractivity contribution < 1.29 is 73.3 Å². The molecule has 1 rings (SSSR count). The van der Waals surface area contributed by atoms with E-state index in [1.54, 1.807) is 6.08 Å². The number of aliphatic hydroxyl groups is 7. The first-order chi connectivity index (χ1) is 31.2. The third kappa shape index (κ3) is 30.1. The number of hydrogen-bond acceptors (Lipinski definition) is 14. The summed E-state index contributed by atoms with van der Waals surface area (Å²) < 4.78 is 33.3. The van der Waals surface area contributed by atoms with Gasteiger partial charge in [0.25, 0.3) is 0 Å². The average molecular weight is 941 g/mol. The Morgan fingerprint density at radius 1 is 0.554 bits per heavy atom. The number of hydrogen-bond donors (Lipinski definition) is 8. The molecule has 8 N–H and O–H groups in total. The molecule has 0 saturated heterocycles. The number of unbranched alkanes of at least 4 members (excludes halogenated alkanes) is 7. The quantitative estimate of drug-likeness (QED) is 0.0133. The molecule has 0 spiro atoms. The van der Waals surface area contributed by atoms with Crippen LogP contribution in [-0.4, -0.2) is 121 Å². The van der Waals surface area contributed by atoms with E-state index in [9.17, 15) is 54.8 Å². The zero-order valence-electron chi connectivity index (χ0n) is 38.7. The van der Waals surface area contributed by atoms with Gasteiger partial charge in [0, 0.05) is 12.8 Å². The number of allylic oxidation sites excluding steroid dienone is 13. The van der Waals surface area contributed by atoms with Crippen LogP contribution < -0.4 is 0 Å². The fourth-order valence-electron chi connectivity index (χ4n) is 6.51. The molecule has 1 aliphatic carbocycles. The van der Waals surface area contributed by atoms with Crippen molar-refractivity contribution in [2.75, 3.05) is 13.2 Å². The first-order valence-corrected chi connectivity index (χ1v) is 25.1. The van der Waals surface area contributed by atoms with Crippen molar-refractivity contribution >= 4 is 19.8 Å². The summed E-state index contributed by atoms with van der Waals surface area (Å²) >= 11 is 0. The molecular weight excluding hydrogens is 859 g/mol. The van der Waals surface area contributed by atoms with E-state index in [2.05, 4.69) is 62.5 Å². The minimum Gasteiger partial charge on any atom is -0.462 e. The second-order valence-electron chi connectivity index (χ2n) is 16.2. The molecule has 1 aliphatic rings. The number of ether oxygens (including phenoxy) is 2. The highest BCUT2D eigenvalue weighted by Gasteiger charge is 2.51. The lowest BCUT2D eigenvalue weighted by Crippen LogP contribution is -2.64. The number of phosphoric ester groups is 1. The molecule has 0 aromatic carbocycles. The fourth-order valence-corrected chi connectivity index (χ4v) is 7.48. The highest BCUT2D eigenvalue weighted by molar-refractivity contribution is 7.47. The van der Waals surface area contributed by atoms with Crippen molar-refractivity contribution in [1.29, 1.82) is 0 Å². The molecular formula is C49H81O15P. The van der Waals surface area contributed by atoms with Crippen LogP contribution in [0.2, 0.25) is 0 Å². The Morgan fingerprint density at radius 3 is 1.60 bits per heavy atom. The Balaban J connectivity index is 2.61. The third-order valence-electron chi connectivity index (χ3n) is 10.4. The Labute approximate surface area is 387 Å². The van der Waals surface area contributed by atoms with Crippen molar-refractivity contribution in [1.82, 2.24) is 0 Å². The monoisotopic (exact) mass is 941 g/mol. The van der Waals surface area contributed by atoms with Crippen molar-refractivity contribution in [3.05, 3.63) is 85.1 Å². The number of carbonyl (C=O) groups is 2. The summed E-state index contributed by atoms with van der Waals surface area (Å²) in [7, 11) is -5.21. The largest absolute Gasteiger partial charge is 0.472 e. The van der Waals surface area contributed by atoms with Crippen LogP contribution in [0, 0.1) is 0 Å². The van der Waals surface area contributed by atoms with Crippen molar-refractivity contribution in [2.45, 2.75) is 197 Å².